The quantitative estimate of drug-likeness (QED) is 0.614. The van der Waals surface area contributed by atoms with E-state index in [0.29, 0.717) is 32.8 Å². The van der Waals surface area contributed by atoms with Gasteiger partial charge >= 0.3 is 0 Å². The first-order valence-corrected chi connectivity index (χ1v) is 9.48. The lowest BCUT2D eigenvalue weighted by Gasteiger charge is -2.33. The van der Waals surface area contributed by atoms with Gasteiger partial charge in [-0.2, -0.15) is 4.31 Å². The van der Waals surface area contributed by atoms with Crippen molar-refractivity contribution >= 4 is 15.9 Å². The van der Waals surface area contributed by atoms with Gasteiger partial charge in [-0.1, -0.05) is 6.92 Å². The van der Waals surface area contributed by atoms with Crippen molar-refractivity contribution in [1.82, 2.24) is 14.2 Å². The Morgan fingerprint density at radius 2 is 1.96 bits per heavy atom. The molecule has 10 heteroatoms. The Labute approximate surface area is 147 Å². The maximum absolute atomic E-state index is 12.8. The predicted molar refractivity (Wildman–Crippen MR) is 91.0 cm³/mol. The first-order valence-electron chi connectivity index (χ1n) is 8.04. The molecule has 0 saturated carbocycles. The van der Waals surface area contributed by atoms with Crippen molar-refractivity contribution in [3.05, 3.63) is 17.8 Å². The van der Waals surface area contributed by atoms with Crippen LogP contribution < -0.4 is 10.5 Å². The number of carbonyl (C=O) groups is 1. The molecular weight excluding hydrogens is 348 g/mol. The third kappa shape index (κ3) is 4.66. The topological polar surface area (TPSA) is 115 Å². The van der Waals surface area contributed by atoms with Crippen LogP contribution in [0.1, 0.15) is 17.3 Å². The van der Waals surface area contributed by atoms with E-state index < -0.39 is 15.9 Å². The highest BCUT2D eigenvalue weighted by Gasteiger charge is 2.29. The lowest BCUT2D eigenvalue weighted by atomic mass is 10.2. The van der Waals surface area contributed by atoms with Gasteiger partial charge in [0.2, 0.25) is 15.9 Å². The lowest BCUT2D eigenvalue weighted by Crippen LogP contribution is -2.48. The molecule has 1 aromatic rings. The van der Waals surface area contributed by atoms with E-state index in [9.17, 15) is 13.2 Å². The van der Waals surface area contributed by atoms with Crippen LogP contribution in [0.5, 0.6) is 5.88 Å². The van der Waals surface area contributed by atoms with Crippen LogP contribution in [-0.2, 0) is 14.8 Å². The van der Waals surface area contributed by atoms with Crippen LogP contribution >= 0.6 is 0 Å². The second-order valence-electron chi connectivity index (χ2n) is 5.57. The highest BCUT2D eigenvalue weighted by atomic mass is 32.2. The predicted octanol–water partition coefficient (Wildman–Crippen LogP) is -0.468. The highest BCUT2D eigenvalue weighted by Crippen LogP contribution is 2.22. The van der Waals surface area contributed by atoms with Gasteiger partial charge in [0.05, 0.1) is 12.8 Å². The number of methoxy groups -OCH3 is 1. The van der Waals surface area contributed by atoms with E-state index in [4.69, 9.17) is 15.2 Å². The van der Waals surface area contributed by atoms with Crippen LogP contribution in [-0.4, -0.2) is 81.6 Å². The van der Waals surface area contributed by atoms with Gasteiger partial charge in [-0.3, -0.25) is 4.79 Å². The highest BCUT2D eigenvalue weighted by molar-refractivity contribution is 7.89. The molecule has 1 aliphatic heterocycles. The largest absolute Gasteiger partial charge is 0.475 e. The second-order valence-corrected chi connectivity index (χ2v) is 7.51. The SMILES string of the molecule is CCN1CCN(S(=O)(=O)c2cnc(OCCOC)c(C(N)=O)c2)CC1. The fraction of sp³-hybridized carbons (Fsp3) is 0.600. The zero-order valence-corrected chi connectivity index (χ0v) is 15.3. The Balaban J connectivity index is 2.23. The molecule has 1 aliphatic rings. The number of pyridine rings is 1. The smallest absolute Gasteiger partial charge is 0.254 e. The number of nitrogens with zero attached hydrogens (tertiary/aromatic N) is 3. The van der Waals surface area contributed by atoms with Crippen molar-refractivity contribution in [3.8, 4) is 5.88 Å². The van der Waals surface area contributed by atoms with E-state index in [2.05, 4.69) is 9.88 Å². The molecule has 0 atom stereocenters. The summed E-state index contributed by atoms with van der Waals surface area (Å²) in [4.78, 5) is 17.7. The molecule has 1 amide bonds. The average molecular weight is 372 g/mol. The van der Waals surface area contributed by atoms with Gasteiger partial charge in [0.15, 0.2) is 0 Å². The summed E-state index contributed by atoms with van der Waals surface area (Å²) < 4.78 is 37.2. The monoisotopic (exact) mass is 372 g/mol. The van der Waals surface area contributed by atoms with Crippen LogP contribution in [0.2, 0.25) is 0 Å². The number of piperazine rings is 1. The van der Waals surface area contributed by atoms with Crippen molar-refractivity contribution in [2.45, 2.75) is 11.8 Å². The second kappa shape index (κ2) is 8.56. The number of ether oxygens (including phenoxy) is 2. The molecule has 25 heavy (non-hydrogen) atoms. The molecule has 0 aliphatic carbocycles. The molecule has 140 valence electrons. The van der Waals surface area contributed by atoms with Gasteiger partial charge in [0, 0.05) is 33.3 Å². The van der Waals surface area contributed by atoms with E-state index in [1.807, 2.05) is 6.92 Å². The number of sulfonamides is 1. The fourth-order valence-corrected chi connectivity index (χ4v) is 3.92. The first-order chi connectivity index (χ1) is 11.9. The van der Waals surface area contributed by atoms with Crippen LogP contribution in [0.15, 0.2) is 17.2 Å². The summed E-state index contributed by atoms with van der Waals surface area (Å²) in [5.74, 6) is -0.799. The summed E-state index contributed by atoms with van der Waals surface area (Å²) in [5, 5.41) is 0. The third-order valence-corrected chi connectivity index (χ3v) is 5.90. The summed E-state index contributed by atoms with van der Waals surface area (Å²) in [5.41, 5.74) is 5.27. The van der Waals surface area contributed by atoms with Crippen molar-refractivity contribution in [1.29, 1.82) is 0 Å². The molecule has 2 rings (SSSR count). The molecule has 1 fully saturated rings. The average Bonchev–Trinajstić information content (AvgIpc) is 2.62. The Morgan fingerprint density at radius 3 is 2.52 bits per heavy atom. The van der Waals surface area contributed by atoms with Crippen LogP contribution in [0.3, 0.4) is 0 Å². The van der Waals surface area contributed by atoms with Gasteiger partial charge in [-0.05, 0) is 12.6 Å². The van der Waals surface area contributed by atoms with Crippen LogP contribution in [0.4, 0.5) is 0 Å². The minimum absolute atomic E-state index is 0.000646. The maximum Gasteiger partial charge on any atom is 0.254 e. The summed E-state index contributed by atoms with van der Waals surface area (Å²) in [6, 6.07) is 1.22. The van der Waals surface area contributed by atoms with Crippen LogP contribution in [0, 0.1) is 0 Å². The number of aromatic nitrogens is 1. The molecule has 1 saturated heterocycles. The Morgan fingerprint density at radius 1 is 1.28 bits per heavy atom. The molecule has 1 aromatic heterocycles. The van der Waals surface area contributed by atoms with E-state index in [-0.39, 0.29) is 22.9 Å². The minimum Gasteiger partial charge on any atom is -0.475 e. The Hall–Kier alpha value is -1.75. The van der Waals surface area contributed by atoms with E-state index in [1.165, 1.54) is 23.7 Å². The van der Waals surface area contributed by atoms with Gasteiger partial charge < -0.3 is 20.1 Å². The summed E-state index contributed by atoms with van der Waals surface area (Å²) in [7, 11) is -2.22. The summed E-state index contributed by atoms with van der Waals surface area (Å²) >= 11 is 0. The van der Waals surface area contributed by atoms with Crippen molar-refractivity contribution in [2.75, 3.05) is 53.0 Å². The third-order valence-electron chi connectivity index (χ3n) is 4.03. The molecular formula is C15H24N4O5S. The van der Waals surface area contributed by atoms with E-state index in [0.717, 1.165) is 6.54 Å². The first kappa shape index (κ1) is 19.6. The van der Waals surface area contributed by atoms with E-state index in [1.54, 1.807) is 0 Å². The van der Waals surface area contributed by atoms with E-state index >= 15 is 0 Å². The number of hydrogen-bond acceptors (Lipinski definition) is 7. The maximum atomic E-state index is 12.8. The summed E-state index contributed by atoms with van der Waals surface area (Å²) in [6.07, 6.45) is 1.19. The molecule has 0 spiro atoms. The molecule has 2 heterocycles. The molecule has 0 radical (unpaired) electrons. The minimum atomic E-state index is -3.74. The molecule has 2 N–H and O–H groups in total. The number of primary amides is 1. The van der Waals surface area contributed by atoms with Crippen LogP contribution in [0.25, 0.3) is 0 Å². The number of amides is 1. The zero-order chi connectivity index (χ0) is 18.4. The molecule has 0 aromatic carbocycles. The number of hydrogen-bond donors (Lipinski definition) is 1. The van der Waals surface area contributed by atoms with Gasteiger partial charge in [-0.25, -0.2) is 13.4 Å². The molecule has 0 unspecified atom stereocenters. The molecule has 9 nitrogen and oxygen atoms in total. The van der Waals surface area contributed by atoms with Gasteiger partial charge in [-0.15, -0.1) is 0 Å². The number of nitrogens with two attached hydrogens (primary N) is 1. The zero-order valence-electron chi connectivity index (χ0n) is 14.5. The number of carbonyl (C=O) groups excluding carboxylic acids is 1. The lowest BCUT2D eigenvalue weighted by molar-refractivity contribution is 0.0990. The van der Waals surface area contributed by atoms with Crippen molar-refractivity contribution < 1.29 is 22.7 Å². The number of likely N-dealkylation sites (N-methyl/N-ethyl adjacent to an activating group) is 1. The number of rotatable bonds is 8. The van der Waals surface area contributed by atoms with Crippen molar-refractivity contribution in [3.63, 3.8) is 0 Å². The fourth-order valence-electron chi connectivity index (χ4n) is 2.52. The Bertz CT molecular complexity index is 702. The summed E-state index contributed by atoms with van der Waals surface area (Å²) in [6.45, 7) is 5.54. The molecule has 0 bridgehead atoms. The van der Waals surface area contributed by atoms with Gasteiger partial charge in [0.25, 0.3) is 5.91 Å². The Kier molecular flexibility index (Phi) is 6.71. The standard InChI is InChI=1S/C15H24N4O5S/c1-3-18-4-6-19(7-5-18)25(21,22)12-10-13(14(16)20)15(17-11-12)24-9-8-23-2/h10-11H,3-9H2,1-2H3,(H2,16,20). The van der Waals surface area contributed by atoms with Gasteiger partial charge in [0.1, 0.15) is 17.1 Å². The van der Waals surface area contributed by atoms with Crippen molar-refractivity contribution in [2.24, 2.45) is 5.73 Å². The normalized spacial score (nSPS) is 16.7.